The van der Waals surface area contributed by atoms with E-state index >= 15 is 0 Å². The van der Waals surface area contributed by atoms with Crippen LogP contribution < -0.4 is 0 Å². The molecule has 0 N–H and O–H groups in total. The van der Waals surface area contributed by atoms with Gasteiger partial charge in [0.1, 0.15) is 0 Å². The molecule has 6 heteroatoms. The fraction of sp³-hybridized carbons (Fsp3) is 0.533. The lowest BCUT2D eigenvalue weighted by molar-refractivity contribution is -0.129. The number of carbonyl (C=O) groups excluding carboxylic acids is 1. The van der Waals surface area contributed by atoms with Gasteiger partial charge in [-0.2, -0.15) is 8.42 Å². The first-order chi connectivity index (χ1) is 9.67. The molecule has 21 heavy (non-hydrogen) atoms. The molecule has 116 valence electrons. The summed E-state index contributed by atoms with van der Waals surface area (Å²) in [6.07, 6.45) is 0.0956. The van der Waals surface area contributed by atoms with E-state index in [2.05, 4.69) is 0 Å². The third-order valence-electron chi connectivity index (χ3n) is 4.15. The molecule has 1 saturated heterocycles. The van der Waals surface area contributed by atoms with Crippen LogP contribution >= 0.6 is 0 Å². The topological polar surface area (TPSA) is 54.5 Å². The number of hydrogen-bond acceptors (Lipinski definition) is 3. The van der Waals surface area contributed by atoms with E-state index in [1.54, 1.807) is 4.90 Å². The van der Waals surface area contributed by atoms with Gasteiger partial charge in [-0.1, -0.05) is 18.2 Å². The smallest absolute Gasteiger partial charge is 0.302 e. The van der Waals surface area contributed by atoms with E-state index in [-0.39, 0.29) is 24.9 Å². The number of likely N-dealkylation sites (tertiary alicyclic amines) is 1. The van der Waals surface area contributed by atoms with Gasteiger partial charge in [0.05, 0.1) is 11.8 Å². The fourth-order valence-electron chi connectivity index (χ4n) is 2.78. The Bertz CT molecular complexity index is 657. The third kappa shape index (κ3) is 3.81. The molecular weight excluding hydrogens is 293 g/mol. The van der Waals surface area contributed by atoms with Crippen LogP contribution in [0.3, 0.4) is 0 Å². The maximum Gasteiger partial charge on any atom is 0.302 e. The highest BCUT2D eigenvalue weighted by Gasteiger charge is 2.35. The molecule has 1 aliphatic heterocycles. The quantitative estimate of drug-likeness (QED) is 0.803. The number of aryl methyl sites for hydroxylation is 2. The van der Waals surface area contributed by atoms with E-state index < -0.39 is 21.9 Å². The lowest BCUT2D eigenvalue weighted by atomic mass is 10.0. The van der Waals surface area contributed by atoms with Crippen LogP contribution in [-0.2, 0) is 15.0 Å². The lowest BCUT2D eigenvalue weighted by Gasteiger charge is -2.25. The molecule has 1 fully saturated rings. The Morgan fingerprint density at radius 1 is 1.33 bits per heavy atom. The van der Waals surface area contributed by atoms with Crippen LogP contribution in [0, 0.1) is 19.8 Å². The first-order valence-corrected chi connectivity index (χ1v) is 8.51. The van der Waals surface area contributed by atoms with E-state index in [1.807, 2.05) is 39.0 Å². The van der Waals surface area contributed by atoms with Crippen LogP contribution in [0.4, 0.5) is 3.89 Å². The number of halogens is 1. The summed E-state index contributed by atoms with van der Waals surface area (Å²) in [6.45, 7) is 6.23. The molecule has 0 saturated carbocycles. The summed E-state index contributed by atoms with van der Waals surface area (Å²) in [5.74, 6) is -1.15. The van der Waals surface area contributed by atoms with Gasteiger partial charge in [-0.3, -0.25) is 4.79 Å². The molecule has 2 unspecified atom stereocenters. The van der Waals surface area contributed by atoms with Gasteiger partial charge in [-0.25, -0.2) is 0 Å². The van der Waals surface area contributed by atoms with Gasteiger partial charge in [0.15, 0.2) is 0 Å². The summed E-state index contributed by atoms with van der Waals surface area (Å²) >= 11 is 0. The molecule has 1 aromatic carbocycles. The first-order valence-electron chi connectivity index (χ1n) is 6.96. The fourth-order valence-corrected chi connectivity index (χ4v) is 3.57. The molecule has 0 spiro atoms. The molecule has 2 atom stereocenters. The van der Waals surface area contributed by atoms with Gasteiger partial charge in [0.25, 0.3) is 0 Å². The van der Waals surface area contributed by atoms with Crippen molar-refractivity contribution in [2.24, 2.45) is 5.92 Å². The molecule has 1 amide bonds. The van der Waals surface area contributed by atoms with Gasteiger partial charge >= 0.3 is 10.2 Å². The molecule has 4 nitrogen and oxygen atoms in total. The summed E-state index contributed by atoms with van der Waals surface area (Å²) in [5, 5.41) is 0. The molecule has 0 aliphatic carbocycles. The maximum atomic E-state index is 12.8. The van der Waals surface area contributed by atoms with Crippen LogP contribution in [0.1, 0.15) is 36.1 Å². The zero-order chi connectivity index (χ0) is 15.8. The number of carbonyl (C=O) groups is 1. The Morgan fingerprint density at radius 3 is 2.57 bits per heavy atom. The number of benzene rings is 1. The second-order valence-electron chi connectivity index (χ2n) is 5.84. The van der Waals surface area contributed by atoms with E-state index in [1.165, 1.54) is 5.56 Å². The monoisotopic (exact) mass is 313 g/mol. The minimum Gasteiger partial charge on any atom is -0.336 e. The zero-order valence-electron chi connectivity index (χ0n) is 12.5. The van der Waals surface area contributed by atoms with E-state index in [4.69, 9.17) is 0 Å². The van der Waals surface area contributed by atoms with Gasteiger partial charge in [0.2, 0.25) is 5.91 Å². The number of nitrogens with zero attached hydrogens (tertiary/aromatic N) is 1. The summed E-state index contributed by atoms with van der Waals surface area (Å²) in [5.41, 5.74) is 3.34. The van der Waals surface area contributed by atoms with Gasteiger partial charge < -0.3 is 4.90 Å². The van der Waals surface area contributed by atoms with E-state index in [0.717, 1.165) is 11.1 Å². The van der Waals surface area contributed by atoms with Gasteiger partial charge in [-0.15, -0.1) is 3.89 Å². The summed E-state index contributed by atoms with van der Waals surface area (Å²) in [7, 11) is -4.54. The highest BCUT2D eigenvalue weighted by Crippen LogP contribution is 2.30. The van der Waals surface area contributed by atoms with Crippen LogP contribution in [0.2, 0.25) is 0 Å². The van der Waals surface area contributed by atoms with E-state index in [0.29, 0.717) is 0 Å². The van der Waals surface area contributed by atoms with Crippen molar-refractivity contribution in [3.63, 3.8) is 0 Å². The molecule has 0 bridgehead atoms. The predicted molar refractivity (Wildman–Crippen MR) is 79.0 cm³/mol. The van der Waals surface area contributed by atoms with Gasteiger partial charge in [-0.05, 0) is 37.5 Å². The largest absolute Gasteiger partial charge is 0.336 e. The third-order valence-corrected chi connectivity index (χ3v) is 5.02. The van der Waals surface area contributed by atoms with Crippen molar-refractivity contribution in [1.29, 1.82) is 0 Å². The Balaban J connectivity index is 2.14. The SMILES string of the molecule is Cc1ccc(C(C)N2CC(CS(=O)(=O)F)CC2=O)cc1C. The highest BCUT2D eigenvalue weighted by atomic mass is 32.3. The van der Waals surface area contributed by atoms with Crippen LogP contribution in [-0.4, -0.2) is 31.5 Å². The Labute approximate surface area is 125 Å². The van der Waals surface area contributed by atoms with Crippen molar-refractivity contribution in [3.05, 3.63) is 34.9 Å². The zero-order valence-corrected chi connectivity index (χ0v) is 13.3. The normalized spacial score (nSPS) is 20.9. The second kappa shape index (κ2) is 5.75. The molecular formula is C15H20FNO3S. The van der Waals surface area contributed by atoms with Crippen molar-refractivity contribution in [3.8, 4) is 0 Å². The van der Waals surface area contributed by atoms with Crippen LogP contribution in [0.25, 0.3) is 0 Å². The Morgan fingerprint density at radius 2 is 2.00 bits per heavy atom. The van der Waals surface area contributed by atoms with Crippen molar-refractivity contribution >= 4 is 16.1 Å². The molecule has 2 rings (SSSR count). The summed E-state index contributed by atoms with van der Waals surface area (Å²) < 4.78 is 34.2. The molecule has 0 aromatic heterocycles. The summed E-state index contributed by atoms with van der Waals surface area (Å²) in [4.78, 5) is 13.7. The minimum absolute atomic E-state index is 0.0956. The number of rotatable bonds is 4. The minimum atomic E-state index is -4.54. The average Bonchev–Trinajstić information content (AvgIpc) is 2.70. The number of hydrogen-bond donors (Lipinski definition) is 0. The second-order valence-corrected chi connectivity index (χ2v) is 7.25. The van der Waals surface area contributed by atoms with Gasteiger partial charge in [0, 0.05) is 18.9 Å². The van der Waals surface area contributed by atoms with Crippen LogP contribution in [0.5, 0.6) is 0 Å². The lowest BCUT2D eigenvalue weighted by Crippen LogP contribution is -2.29. The number of amides is 1. The highest BCUT2D eigenvalue weighted by molar-refractivity contribution is 7.86. The van der Waals surface area contributed by atoms with Crippen molar-refractivity contribution in [1.82, 2.24) is 4.90 Å². The Kier molecular flexibility index (Phi) is 4.37. The molecule has 1 aliphatic rings. The average molecular weight is 313 g/mol. The van der Waals surface area contributed by atoms with Crippen molar-refractivity contribution in [2.75, 3.05) is 12.3 Å². The predicted octanol–water partition coefficient (Wildman–Crippen LogP) is 2.51. The van der Waals surface area contributed by atoms with E-state index in [9.17, 15) is 17.1 Å². The molecule has 1 heterocycles. The standard InChI is InChI=1S/C15H20FNO3S/c1-10-4-5-14(6-11(10)2)12(3)17-8-13(7-15(17)18)9-21(16,19)20/h4-6,12-13H,7-9H2,1-3H3. The van der Waals surface area contributed by atoms with Crippen molar-refractivity contribution < 1.29 is 17.1 Å². The summed E-state index contributed by atoms with van der Waals surface area (Å²) in [6, 6.07) is 5.88. The van der Waals surface area contributed by atoms with Crippen molar-refractivity contribution in [2.45, 2.75) is 33.2 Å². The Hall–Kier alpha value is -1.43. The van der Waals surface area contributed by atoms with Crippen LogP contribution in [0.15, 0.2) is 18.2 Å². The molecule has 1 aromatic rings. The first kappa shape index (κ1) is 15.9. The maximum absolute atomic E-state index is 12.8. The molecule has 0 radical (unpaired) electrons.